The number of alkyl halides is 1. The highest BCUT2D eigenvalue weighted by Gasteiger charge is 2.07. The number of benzene rings is 1. The SMILES string of the molecule is Fc1c(Br)ccc(CBr)c1Br. The zero-order valence-electron chi connectivity index (χ0n) is 5.37. The van der Waals surface area contributed by atoms with Gasteiger partial charge in [0.1, 0.15) is 0 Å². The summed E-state index contributed by atoms with van der Waals surface area (Å²) in [5, 5.41) is 0.651. The Morgan fingerprint density at radius 1 is 1.27 bits per heavy atom. The van der Waals surface area contributed by atoms with Crippen LogP contribution in [0.1, 0.15) is 5.56 Å². The lowest BCUT2D eigenvalue weighted by atomic mass is 10.2. The van der Waals surface area contributed by atoms with E-state index in [2.05, 4.69) is 47.8 Å². The molecule has 0 bridgehead atoms. The zero-order chi connectivity index (χ0) is 8.43. The first-order valence-corrected chi connectivity index (χ1v) is 5.56. The fourth-order valence-corrected chi connectivity index (χ4v) is 2.59. The summed E-state index contributed by atoms with van der Waals surface area (Å²) < 4.78 is 14.1. The van der Waals surface area contributed by atoms with Crippen molar-refractivity contribution < 1.29 is 4.39 Å². The van der Waals surface area contributed by atoms with Crippen LogP contribution < -0.4 is 0 Å². The van der Waals surface area contributed by atoms with Gasteiger partial charge >= 0.3 is 0 Å². The second-order valence-electron chi connectivity index (χ2n) is 1.97. The number of hydrogen-bond acceptors (Lipinski definition) is 0. The van der Waals surface area contributed by atoms with E-state index in [4.69, 9.17) is 0 Å². The van der Waals surface area contributed by atoms with Crippen molar-refractivity contribution in [2.24, 2.45) is 0 Å². The van der Waals surface area contributed by atoms with Crippen LogP contribution in [0.25, 0.3) is 0 Å². The van der Waals surface area contributed by atoms with Gasteiger partial charge < -0.3 is 0 Å². The van der Waals surface area contributed by atoms with Crippen molar-refractivity contribution in [3.8, 4) is 0 Å². The normalized spacial score (nSPS) is 10.2. The smallest absolute Gasteiger partial charge is 0.151 e. The molecule has 0 nitrogen and oxygen atoms in total. The summed E-state index contributed by atoms with van der Waals surface area (Å²) in [7, 11) is 0. The first-order chi connectivity index (χ1) is 5.16. The maximum atomic E-state index is 13.1. The Morgan fingerprint density at radius 2 is 1.91 bits per heavy atom. The van der Waals surface area contributed by atoms with Crippen molar-refractivity contribution >= 4 is 47.8 Å². The van der Waals surface area contributed by atoms with Crippen LogP contribution in [0.5, 0.6) is 0 Å². The molecule has 0 spiro atoms. The summed E-state index contributed by atoms with van der Waals surface area (Å²) in [6.07, 6.45) is 0. The van der Waals surface area contributed by atoms with Crippen LogP contribution in [0.2, 0.25) is 0 Å². The van der Waals surface area contributed by atoms with Gasteiger partial charge in [0, 0.05) is 5.33 Å². The van der Waals surface area contributed by atoms with Gasteiger partial charge in [-0.25, -0.2) is 4.39 Å². The van der Waals surface area contributed by atoms with Crippen LogP contribution in [0.4, 0.5) is 4.39 Å². The Kier molecular flexibility index (Phi) is 3.52. The largest absolute Gasteiger partial charge is 0.204 e. The molecule has 0 aliphatic carbocycles. The zero-order valence-corrected chi connectivity index (χ0v) is 10.1. The predicted octanol–water partition coefficient (Wildman–Crippen LogP) is 4.25. The van der Waals surface area contributed by atoms with E-state index in [1.807, 2.05) is 6.07 Å². The molecule has 1 rings (SSSR count). The van der Waals surface area contributed by atoms with Crippen molar-refractivity contribution in [2.75, 3.05) is 0 Å². The van der Waals surface area contributed by atoms with E-state index in [-0.39, 0.29) is 5.82 Å². The molecular weight excluding hydrogens is 343 g/mol. The van der Waals surface area contributed by atoms with Gasteiger partial charge in [-0.3, -0.25) is 0 Å². The monoisotopic (exact) mass is 344 g/mol. The van der Waals surface area contributed by atoms with Gasteiger partial charge in [-0.1, -0.05) is 22.0 Å². The molecule has 0 N–H and O–H groups in total. The average Bonchev–Trinajstić information content (AvgIpc) is 2.01. The topological polar surface area (TPSA) is 0 Å². The molecule has 1 aromatic carbocycles. The van der Waals surface area contributed by atoms with Crippen molar-refractivity contribution in [1.82, 2.24) is 0 Å². The molecule has 0 fully saturated rings. The standard InChI is InChI=1S/C7H4Br3F/c8-3-4-1-2-5(9)7(11)6(4)10/h1-2H,3H2. The van der Waals surface area contributed by atoms with E-state index in [9.17, 15) is 4.39 Å². The van der Waals surface area contributed by atoms with Gasteiger partial charge in [-0.05, 0) is 43.5 Å². The second kappa shape index (κ2) is 4.01. The van der Waals surface area contributed by atoms with Crippen LogP contribution in [-0.2, 0) is 5.33 Å². The van der Waals surface area contributed by atoms with Crippen molar-refractivity contribution in [3.63, 3.8) is 0 Å². The lowest BCUT2D eigenvalue weighted by Gasteiger charge is -2.02. The highest BCUT2D eigenvalue weighted by atomic mass is 79.9. The Bertz CT molecular complexity index is 273. The Morgan fingerprint density at radius 3 is 2.45 bits per heavy atom. The van der Waals surface area contributed by atoms with Gasteiger partial charge in [0.25, 0.3) is 0 Å². The third-order valence-electron chi connectivity index (χ3n) is 1.26. The first-order valence-electron chi connectivity index (χ1n) is 2.85. The molecule has 0 amide bonds. The summed E-state index contributed by atoms with van der Waals surface area (Å²) in [4.78, 5) is 0. The molecule has 0 atom stereocenters. The van der Waals surface area contributed by atoms with E-state index in [0.717, 1.165) is 5.56 Å². The predicted molar refractivity (Wildman–Crippen MR) is 54.4 cm³/mol. The lowest BCUT2D eigenvalue weighted by molar-refractivity contribution is 0.612. The summed E-state index contributed by atoms with van der Waals surface area (Å²) in [5.41, 5.74) is 0.908. The molecule has 0 unspecified atom stereocenters. The summed E-state index contributed by atoms with van der Waals surface area (Å²) in [6, 6.07) is 3.54. The lowest BCUT2D eigenvalue weighted by Crippen LogP contribution is -1.86. The molecule has 1 aromatic rings. The molecule has 11 heavy (non-hydrogen) atoms. The number of halogens is 4. The van der Waals surface area contributed by atoms with Crippen LogP contribution in [0.3, 0.4) is 0 Å². The van der Waals surface area contributed by atoms with Gasteiger partial charge in [-0.2, -0.15) is 0 Å². The van der Waals surface area contributed by atoms with Crippen LogP contribution in [0, 0.1) is 5.82 Å². The molecule has 0 aliphatic rings. The quantitative estimate of drug-likeness (QED) is 0.527. The van der Waals surface area contributed by atoms with E-state index in [0.29, 0.717) is 14.3 Å². The summed E-state index contributed by atoms with van der Waals surface area (Å²) in [5.74, 6) is -0.248. The molecule has 0 radical (unpaired) electrons. The minimum Gasteiger partial charge on any atom is -0.204 e. The Balaban J connectivity index is 3.25. The molecule has 4 heteroatoms. The average molecular weight is 347 g/mol. The van der Waals surface area contributed by atoms with Gasteiger partial charge in [0.15, 0.2) is 5.82 Å². The fourth-order valence-electron chi connectivity index (χ4n) is 0.669. The van der Waals surface area contributed by atoms with Crippen molar-refractivity contribution in [1.29, 1.82) is 0 Å². The number of rotatable bonds is 1. The van der Waals surface area contributed by atoms with Gasteiger partial charge in [-0.15, -0.1) is 0 Å². The van der Waals surface area contributed by atoms with Gasteiger partial charge in [0.05, 0.1) is 8.95 Å². The Hall–Kier alpha value is 0.590. The Labute approximate surface area is 89.6 Å². The van der Waals surface area contributed by atoms with E-state index >= 15 is 0 Å². The van der Waals surface area contributed by atoms with Gasteiger partial charge in [0.2, 0.25) is 0 Å². The fraction of sp³-hybridized carbons (Fsp3) is 0.143. The molecule has 0 saturated heterocycles. The van der Waals surface area contributed by atoms with Crippen molar-refractivity contribution in [3.05, 3.63) is 32.5 Å². The van der Waals surface area contributed by atoms with Crippen LogP contribution in [0.15, 0.2) is 21.1 Å². The molecule has 0 aromatic heterocycles. The molecule has 0 aliphatic heterocycles. The highest BCUT2D eigenvalue weighted by molar-refractivity contribution is 9.11. The maximum absolute atomic E-state index is 13.1. The number of hydrogen-bond donors (Lipinski definition) is 0. The van der Waals surface area contributed by atoms with E-state index in [1.165, 1.54) is 0 Å². The van der Waals surface area contributed by atoms with Crippen molar-refractivity contribution in [2.45, 2.75) is 5.33 Å². The molecular formula is C7H4Br3F. The van der Waals surface area contributed by atoms with E-state index in [1.54, 1.807) is 6.07 Å². The molecule has 0 heterocycles. The maximum Gasteiger partial charge on any atom is 0.151 e. The third kappa shape index (κ3) is 2.04. The van der Waals surface area contributed by atoms with Crippen LogP contribution in [-0.4, -0.2) is 0 Å². The first kappa shape index (κ1) is 9.68. The summed E-state index contributed by atoms with van der Waals surface area (Å²) >= 11 is 9.50. The van der Waals surface area contributed by atoms with Crippen LogP contribution >= 0.6 is 47.8 Å². The minimum atomic E-state index is -0.248. The van der Waals surface area contributed by atoms with E-state index < -0.39 is 0 Å². The second-order valence-corrected chi connectivity index (χ2v) is 4.18. The molecule has 0 saturated carbocycles. The third-order valence-corrected chi connectivity index (χ3v) is 3.33. The summed E-state index contributed by atoms with van der Waals surface area (Å²) in [6.45, 7) is 0. The minimum absolute atomic E-state index is 0.248. The molecule has 60 valence electrons. The highest BCUT2D eigenvalue weighted by Crippen LogP contribution is 2.28.